The minimum Gasteiger partial charge on any atom is -0.508 e. The van der Waals surface area contributed by atoms with Gasteiger partial charge in [-0.25, -0.2) is 4.79 Å². The molecule has 0 radical (unpaired) electrons. The van der Waals surface area contributed by atoms with E-state index in [0.717, 1.165) is 12.8 Å². The number of hydrogen-bond donors (Lipinski definition) is 7. The van der Waals surface area contributed by atoms with Gasteiger partial charge in [-0.2, -0.15) is 0 Å². The summed E-state index contributed by atoms with van der Waals surface area (Å²) < 4.78 is 11.2. The Morgan fingerprint density at radius 3 is 1.42 bits per heavy atom. The molecule has 4 rings (SSSR count). The van der Waals surface area contributed by atoms with Crippen molar-refractivity contribution < 1.29 is 44.0 Å². The van der Waals surface area contributed by atoms with Gasteiger partial charge in [0.25, 0.3) is 5.91 Å². The van der Waals surface area contributed by atoms with Gasteiger partial charge >= 0.3 is 5.97 Å². The Hall–Kier alpha value is -6.08. The average Bonchev–Trinajstić information content (AvgIpc) is 3.25. The van der Waals surface area contributed by atoms with Crippen LogP contribution < -0.4 is 26.4 Å². The van der Waals surface area contributed by atoms with E-state index in [2.05, 4.69) is 22.9 Å². The van der Waals surface area contributed by atoms with Crippen LogP contribution in [0, 0.1) is 0 Å². The van der Waals surface area contributed by atoms with E-state index in [4.69, 9.17) is 15.2 Å². The van der Waals surface area contributed by atoms with Crippen LogP contribution in [0.15, 0.2) is 97.1 Å². The number of carbonyl (C=O) groups is 4. The van der Waals surface area contributed by atoms with Gasteiger partial charge in [0.05, 0.1) is 6.61 Å². The monoisotopic (exact) mass is 824 g/mol. The van der Waals surface area contributed by atoms with Crippen molar-refractivity contribution in [2.24, 2.45) is 5.73 Å². The minimum absolute atomic E-state index is 0.00969. The lowest BCUT2D eigenvalue weighted by molar-refractivity contribution is -0.147. The molecule has 3 amide bonds. The number of nitrogens with one attached hydrogen (secondary N) is 3. The van der Waals surface area contributed by atoms with Gasteiger partial charge in [0.15, 0.2) is 0 Å². The number of ether oxygens (including phenoxy) is 2. The predicted octanol–water partition coefficient (Wildman–Crippen LogP) is 6.01. The Morgan fingerprint density at radius 1 is 0.533 bits per heavy atom. The summed E-state index contributed by atoms with van der Waals surface area (Å²) in [4.78, 5) is 55.1. The van der Waals surface area contributed by atoms with Crippen molar-refractivity contribution in [1.29, 1.82) is 0 Å². The molecule has 0 unspecified atom stereocenters. The van der Waals surface area contributed by atoms with Crippen molar-refractivity contribution in [3.63, 3.8) is 0 Å². The molecule has 13 nitrogen and oxygen atoms in total. The number of phenols is 3. The number of phenolic OH excluding ortho intramolecular Hbond substituents is 3. The van der Waals surface area contributed by atoms with Crippen molar-refractivity contribution in [1.82, 2.24) is 16.0 Å². The molecular formula is C47H60N4O9. The molecule has 4 aromatic carbocycles. The van der Waals surface area contributed by atoms with Crippen LogP contribution in [0.4, 0.5) is 0 Å². The molecule has 0 bridgehead atoms. The third kappa shape index (κ3) is 16.6. The summed E-state index contributed by atoms with van der Waals surface area (Å²) >= 11 is 0. The van der Waals surface area contributed by atoms with E-state index in [9.17, 15) is 34.5 Å². The van der Waals surface area contributed by atoms with Crippen molar-refractivity contribution in [3.8, 4) is 23.0 Å². The maximum absolute atomic E-state index is 14.2. The third-order valence-electron chi connectivity index (χ3n) is 9.98. The molecule has 0 aliphatic heterocycles. The molecule has 322 valence electrons. The SMILES string of the molecule is CCCCCCCCCCCOc1ccc(C(=O)N[C@@H](Cc2ccc(O)cc2)C(=O)N[C@@H](Cc2ccc(O)cc2)C(=O)N[C@@H](Cc2ccc(O)cc2)C(=O)OCCN)cc1. The fourth-order valence-electron chi connectivity index (χ4n) is 6.57. The second-order valence-corrected chi connectivity index (χ2v) is 14.9. The first-order valence-electron chi connectivity index (χ1n) is 20.9. The number of hydrogen-bond acceptors (Lipinski definition) is 10. The van der Waals surface area contributed by atoms with Gasteiger partial charge in [-0.05, 0) is 83.8 Å². The topological polar surface area (TPSA) is 210 Å². The van der Waals surface area contributed by atoms with Crippen LogP contribution in [0.2, 0.25) is 0 Å². The van der Waals surface area contributed by atoms with Crippen LogP contribution in [0.25, 0.3) is 0 Å². The van der Waals surface area contributed by atoms with E-state index in [1.54, 1.807) is 60.7 Å². The lowest BCUT2D eigenvalue weighted by Crippen LogP contribution is -2.57. The largest absolute Gasteiger partial charge is 0.508 e. The second-order valence-electron chi connectivity index (χ2n) is 14.9. The number of carbonyl (C=O) groups excluding carboxylic acids is 4. The first kappa shape index (κ1) is 46.6. The van der Waals surface area contributed by atoms with Gasteiger partial charge in [-0.1, -0.05) is 94.7 Å². The molecule has 0 saturated carbocycles. The highest BCUT2D eigenvalue weighted by Gasteiger charge is 2.31. The van der Waals surface area contributed by atoms with Crippen molar-refractivity contribution in [2.45, 2.75) is 102 Å². The molecule has 0 spiro atoms. The minimum atomic E-state index is -1.26. The number of amides is 3. The van der Waals surface area contributed by atoms with Gasteiger partial charge in [-0.3, -0.25) is 14.4 Å². The molecule has 0 heterocycles. The summed E-state index contributed by atoms with van der Waals surface area (Å²) in [6.07, 6.45) is 10.9. The molecule has 0 saturated heterocycles. The molecule has 13 heteroatoms. The van der Waals surface area contributed by atoms with Crippen LogP contribution in [0.1, 0.15) is 91.8 Å². The first-order valence-corrected chi connectivity index (χ1v) is 20.9. The summed E-state index contributed by atoms with van der Waals surface area (Å²) in [5, 5.41) is 37.9. The Labute approximate surface area is 352 Å². The number of rotatable bonds is 26. The molecule has 8 N–H and O–H groups in total. The van der Waals surface area contributed by atoms with Crippen LogP contribution >= 0.6 is 0 Å². The number of aromatic hydroxyl groups is 3. The van der Waals surface area contributed by atoms with Crippen LogP contribution in [0.3, 0.4) is 0 Å². The Morgan fingerprint density at radius 2 is 0.950 bits per heavy atom. The molecule has 60 heavy (non-hydrogen) atoms. The molecule has 4 aromatic rings. The number of unbranched alkanes of at least 4 members (excludes halogenated alkanes) is 8. The Bertz CT molecular complexity index is 1900. The van der Waals surface area contributed by atoms with Crippen molar-refractivity contribution in [2.75, 3.05) is 19.8 Å². The number of benzene rings is 4. The van der Waals surface area contributed by atoms with Crippen molar-refractivity contribution >= 4 is 23.7 Å². The van der Waals surface area contributed by atoms with E-state index < -0.39 is 41.8 Å². The highest BCUT2D eigenvalue weighted by molar-refractivity contribution is 5.99. The van der Waals surface area contributed by atoms with Gasteiger partial charge in [0.2, 0.25) is 11.8 Å². The van der Waals surface area contributed by atoms with Gasteiger partial charge in [-0.15, -0.1) is 0 Å². The highest BCUT2D eigenvalue weighted by Crippen LogP contribution is 2.18. The highest BCUT2D eigenvalue weighted by atomic mass is 16.5. The smallest absolute Gasteiger partial charge is 0.329 e. The Kier molecular flexibility index (Phi) is 19.7. The lowest BCUT2D eigenvalue weighted by Gasteiger charge is -2.25. The molecule has 0 aliphatic carbocycles. The van der Waals surface area contributed by atoms with Crippen LogP contribution in [0.5, 0.6) is 23.0 Å². The number of nitrogens with two attached hydrogens (primary N) is 1. The third-order valence-corrected chi connectivity index (χ3v) is 9.98. The molecule has 0 aliphatic rings. The maximum Gasteiger partial charge on any atom is 0.329 e. The normalized spacial score (nSPS) is 12.4. The zero-order valence-corrected chi connectivity index (χ0v) is 34.4. The summed E-state index contributed by atoms with van der Waals surface area (Å²) in [6, 6.07) is 21.5. The van der Waals surface area contributed by atoms with Crippen LogP contribution in [-0.2, 0) is 38.4 Å². The van der Waals surface area contributed by atoms with E-state index >= 15 is 0 Å². The lowest BCUT2D eigenvalue weighted by atomic mass is 10.0. The van der Waals surface area contributed by atoms with Crippen LogP contribution in [-0.4, -0.2) is 76.9 Å². The molecule has 3 atom stereocenters. The number of esters is 1. The van der Waals surface area contributed by atoms with E-state index in [1.165, 1.54) is 81.3 Å². The fraction of sp³-hybridized carbons (Fsp3) is 0.404. The van der Waals surface area contributed by atoms with Gasteiger partial charge in [0.1, 0.15) is 47.7 Å². The first-order chi connectivity index (χ1) is 29.0. The Balaban J connectivity index is 1.47. The zero-order valence-electron chi connectivity index (χ0n) is 34.4. The van der Waals surface area contributed by atoms with Gasteiger partial charge < -0.3 is 46.5 Å². The summed E-state index contributed by atoms with van der Waals surface area (Å²) in [7, 11) is 0. The molecular weight excluding hydrogens is 765 g/mol. The van der Waals surface area contributed by atoms with E-state index in [1.807, 2.05) is 0 Å². The fourth-order valence-corrected chi connectivity index (χ4v) is 6.57. The average molecular weight is 825 g/mol. The van der Waals surface area contributed by atoms with E-state index in [-0.39, 0.29) is 49.7 Å². The standard InChI is InChI=1S/C47H60N4O9/c1-2-3-4-5-6-7-8-9-10-28-59-40-25-17-36(18-26-40)44(55)49-41(30-33-11-19-37(52)20-12-33)45(56)50-42(31-34-13-21-38(53)22-14-34)46(57)51-43(47(58)60-29-27-48)32-35-15-23-39(54)24-16-35/h11-26,41-43,52-54H,2-10,27-32,48H2,1H3,(H,49,55)(H,50,56)(H,51,57)/t41-,42-,43-/m0/s1. The molecule has 0 fully saturated rings. The van der Waals surface area contributed by atoms with Crippen molar-refractivity contribution in [3.05, 3.63) is 119 Å². The zero-order chi connectivity index (χ0) is 43.1. The quantitative estimate of drug-likeness (QED) is 0.0290. The predicted molar refractivity (Wildman–Crippen MR) is 230 cm³/mol. The molecule has 0 aromatic heterocycles. The summed E-state index contributed by atoms with van der Waals surface area (Å²) in [6.45, 7) is 2.78. The van der Waals surface area contributed by atoms with Gasteiger partial charge in [0, 0.05) is 31.4 Å². The summed E-state index contributed by atoms with van der Waals surface area (Å²) in [5.41, 5.74) is 7.69. The maximum atomic E-state index is 14.2. The second kappa shape index (κ2) is 25.4. The van der Waals surface area contributed by atoms with E-state index in [0.29, 0.717) is 34.6 Å². The summed E-state index contributed by atoms with van der Waals surface area (Å²) in [5.74, 6) is -1.97.